The lowest BCUT2D eigenvalue weighted by Gasteiger charge is -2.20. The maximum atomic E-state index is 11.5. The second-order valence-electron chi connectivity index (χ2n) is 4.51. The molecule has 5 nitrogen and oxygen atoms in total. The molecule has 0 aromatic carbocycles. The fraction of sp³-hybridized carbons (Fsp3) is 0.429. The van der Waals surface area contributed by atoms with Gasteiger partial charge in [0, 0.05) is 0 Å². The SMILES string of the molecule is CCC\C=C/C=C/C=C\B1OC(=O)CN(C)CC(=O)O1. The third kappa shape index (κ3) is 6.94. The second-order valence-corrected chi connectivity index (χ2v) is 4.51. The van der Waals surface area contributed by atoms with E-state index in [1.54, 1.807) is 24.1 Å². The molecule has 1 fully saturated rings. The van der Waals surface area contributed by atoms with E-state index in [0.29, 0.717) is 0 Å². The Morgan fingerprint density at radius 1 is 1.10 bits per heavy atom. The molecule has 6 heteroatoms. The van der Waals surface area contributed by atoms with Crippen molar-refractivity contribution in [2.24, 2.45) is 0 Å². The van der Waals surface area contributed by atoms with E-state index in [0.717, 1.165) is 12.8 Å². The number of hydrogen-bond acceptors (Lipinski definition) is 5. The van der Waals surface area contributed by atoms with E-state index in [1.165, 1.54) is 5.98 Å². The number of carbonyl (C=O) groups excluding carboxylic acids is 2. The number of carbonyl (C=O) groups is 2. The third-order valence-electron chi connectivity index (χ3n) is 2.49. The number of hydrogen-bond donors (Lipinski definition) is 0. The third-order valence-corrected chi connectivity index (χ3v) is 2.49. The minimum Gasteiger partial charge on any atom is -0.495 e. The molecule has 0 amide bonds. The molecule has 1 saturated heterocycles. The maximum Gasteiger partial charge on any atom is 0.628 e. The molecule has 1 aliphatic heterocycles. The van der Waals surface area contributed by atoms with Crippen molar-refractivity contribution in [2.75, 3.05) is 20.1 Å². The van der Waals surface area contributed by atoms with Crippen LogP contribution in [0.4, 0.5) is 0 Å². The van der Waals surface area contributed by atoms with Gasteiger partial charge in [0.2, 0.25) is 0 Å². The van der Waals surface area contributed by atoms with E-state index in [9.17, 15) is 9.59 Å². The maximum absolute atomic E-state index is 11.5. The molecule has 1 heterocycles. The Balaban J connectivity index is 2.48. The van der Waals surface area contributed by atoms with Gasteiger partial charge in [-0.1, -0.05) is 43.7 Å². The standard InChI is InChI=1S/C14H20BNO4/c1-3-4-5-6-7-8-9-10-15-19-13(17)11-16(2)12-14(18)20-15/h5-10H,3-4,11-12H2,1-2H3/b6-5-,8-7+,10-9-. The molecule has 1 rings (SSSR count). The van der Waals surface area contributed by atoms with Crippen LogP contribution < -0.4 is 0 Å². The molecule has 0 bridgehead atoms. The van der Waals surface area contributed by atoms with E-state index in [1.807, 2.05) is 12.2 Å². The average Bonchev–Trinajstić information content (AvgIpc) is 2.35. The quantitative estimate of drug-likeness (QED) is 0.563. The van der Waals surface area contributed by atoms with Crippen LogP contribution in [0.3, 0.4) is 0 Å². The molecule has 108 valence electrons. The Morgan fingerprint density at radius 3 is 2.30 bits per heavy atom. The van der Waals surface area contributed by atoms with Crippen LogP contribution in [-0.4, -0.2) is 44.1 Å². The van der Waals surface area contributed by atoms with Crippen molar-refractivity contribution in [3.05, 3.63) is 36.4 Å². The molecule has 0 spiro atoms. The van der Waals surface area contributed by atoms with Crippen LogP contribution in [-0.2, 0) is 18.9 Å². The Bertz CT molecular complexity index is 397. The number of allylic oxidation sites excluding steroid dienone is 5. The van der Waals surface area contributed by atoms with Gasteiger partial charge in [0.05, 0.1) is 13.1 Å². The van der Waals surface area contributed by atoms with Crippen molar-refractivity contribution < 1.29 is 18.9 Å². The average molecular weight is 277 g/mol. The molecule has 0 aromatic heterocycles. The first-order valence-corrected chi connectivity index (χ1v) is 6.69. The second kappa shape index (κ2) is 9.15. The van der Waals surface area contributed by atoms with Crippen molar-refractivity contribution >= 4 is 19.1 Å². The first kappa shape index (κ1) is 16.2. The highest BCUT2D eigenvalue weighted by atomic mass is 16.6. The van der Waals surface area contributed by atoms with Gasteiger partial charge in [0.25, 0.3) is 0 Å². The van der Waals surface area contributed by atoms with Crippen LogP contribution in [0.1, 0.15) is 19.8 Å². The van der Waals surface area contributed by atoms with Crippen molar-refractivity contribution in [3.63, 3.8) is 0 Å². The van der Waals surface area contributed by atoms with Gasteiger partial charge in [0.1, 0.15) is 0 Å². The molecule has 0 aromatic rings. The van der Waals surface area contributed by atoms with Crippen LogP contribution in [0.15, 0.2) is 36.4 Å². The summed E-state index contributed by atoms with van der Waals surface area (Å²) in [7, 11) is 0.706. The number of nitrogens with zero attached hydrogens (tertiary/aromatic N) is 1. The van der Waals surface area contributed by atoms with Gasteiger partial charge in [-0.25, -0.2) is 0 Å². The van der Waals surface area contributed by atoms with Crippen molar-refractivity contribution in [2.45, 2.75) is 19.8 Å². The number of unbranched alkanes of at least 4 members (excludes halogenated alkanes) is 1. The Hall–Kier alpha value is -1.82. The molecule has 0 radical (unpaired) electrons. The predicted molar refractivity (Wildman–Crippen MR) is 77.8 cm³/mol. The Kier molecular flexibility index (Phi) is 7.43. The van der Waals surface area contributed by atoms with Gasteiger partial charge >= 0.3 is 19.1 Å². The molecular formula is C14H20BNO4. The lowest BCUT2D eigenvalue weighted by molar-refractivity contribution is -0.145. The molecule has 0 unspecified atom stereocenters. The summed E-state index contributed by atoms with van der Waals surface area (Å²) in [6.07, 6.45) is 11.5. The summed E-state index contributed by atoms with van der Waals surface area (Å²) in [5, 5.41) is 0. The van der Waals surface area contributed by atoms with Gasteiger partial charge in [-0.3, -0.25) is 14.5 Å². The predicted octanol–water partition coefficient (Wildman–Crippen LogP) is 1.51. The van der Waals surface area contributed by atoms with E-state index in [-0.39, 0.29) is 13.1 Å². The van der Waals surface area contributed by atoms with Crippen LogP contribution >= 0.6 is 0 Å². The summed E-state index contributed by atoms with van der Waals surface area (Å²) in [6.45, 7) is 2.27. The van der Waals surface area contributed by atoms with E-state index in [4.69, 9.17) is 9.31 Å². The summed E-state index contributed by atoms with van der Waals surface area (Å²) in [4.78, 5) is 24.4. The highest BCUT2D eigenvalue weighted by Gasteiger charge is 2.28. The van der Waals surface area contributed by atoms with Gasteiger partial charge in [-0.15, -0.1) is 0 Å². The molecule has 0 aliphatic carbocycles. The first-order valence-electron chi connectivity index (χ1n) is 6.69. The normalized spacial score (nSPS) is 18.6. The molecule has 20 heavy (non-hydrogen) atoms. The summed E-state index contributed by atoms with van der Waals surface area (Å²) < 4.78 is 10.0. The zero-order valence-electron chi connectivity index (χ0n) is 12.0. The van der Waals surface area contributed by atoms with E-state index in [2.05, 4.69) is 13.0 Å². The van der Waals surface area contributed by atoms with Gasteiger partial charge in [-0.2, -0.15) is 0 Å². The molecule has 0 atom stereocenters. The number of rotatable bonds is 5. The van der Waals surface area contributed by atoms with Crippen LogP contribution in [0.5, 0.6) is 0 Å². The Labute approximate surface area is 120 Å². The smallest absolute Gasteiger partial charge is 0.495 e. The van der Waals surface area contributed by atoms with Crippen molar-refractivity contribution in [1.82, 2.24) is 4.90 Å². The molecular weight excluding hydrogens is 257 g/mol. The van der Waals surface area contributed by atoms with Crippen molar-refractivity contribution in [3.8, 4) is 0 Å². The number of likely N-dealkylation sites (N-methyl/N-ethyl adjacent to an activating group) is 1. The first-order chi connectivity index (χ1) is 9.61. The van der Waals surface area contributed by atoms with Crippen molar-refractivity contribution in [1.29, 1.82) is 0 Å². The van der Waals surface area contributed by atoms with Crippen LogP contribution in [0.2, 0.25) is 0 Å². The summed E-state index contributed by atoms with van der Waals surface area (Å²) >= 11 is 0. The zero-order chi connectivity index (χ0) is 14.8. The van der Waals surface area contributed by atoms with Crippen LogP contribution in [0, 0.1) is 0 Å². The fourth-order valence-corrected chi connectivity index (χ4v) is 1.56. The minimum atomic E-state index is -0.951. The van der Waals surface area contributed by atoms with Crippen LogP contribution in [0.25, 0.3) is 0 Å². The minimum absolute atomic E-state index is 0.0784. The van der Waals surface area contributed by atoms with Gasteiger partial charge in [0.15, 0.2) is 0 Å². The Morgan fingerprint density at radius 2 is 1.70 bits per heavy atom. The fourth-order valence-electron chi connectivity index (χ4n) is 1.56. The lowest BCUT2D eigenvalue weighted by atomic mass is 9.89. The van der Waals surface area contributed by atoms with Gasteiger partial charge in [-0.05, 0) is 19.4 Å². The summed E-state index contributed by atoms with van der Waals surface area (Å²) in [6, 6.07) is 0. The molecule has 0 N–H and O–H groups in total. The van der Waals surface area contributed by atoms with E-state index < -0.39 is 19.1 Å². The highest BCUT2D eigenvalue weighted by Crippen LogP contribution is 2.01. The zero-order valence-corrected chi connectivity index (χ0v) is 12.0. The summed E-state index contributed by atoms with van der Waals surface area (Å²) in [5.41, 5.74) is 0. The molecule has 1 aliphatic rings. The summed E-state index contributed by atoms with van der Waals surface area (Å²) in [5.74, 6) is 0.702. The lowest BCUT2D eigenvalue weighted by Crippen LogP contribution is -2.41. The van der Waals surface area contributed by atoms with E-state index >= 15 is 0 Å². The highest BCUT2D eigenvalue weighted by molar-refractivity contribution is 6.54. The molecule has 0 saturated carbocycles. The topological polar surface area (TPSA) is 55.8 Å². The monoisotopic (exact) mass is 277 g/mol. The largest absolute Gasteiger partial charge is 0.628 e. The van der Waals surface area contributed by atoms with Gasteiger partial charge < -0.3 is 9.31 Å².